The Balaban J connectivity index is 2.44. The fraction of sp³-hybridized carbons (Fsp3) is 0.333. The summed E-state index contributed by atoms with van der Waals surface area (Å²) in [6.07, 6.45) is 3.94. The first kappa shape index (κ1) is 4.18. The van der Waals surface area contributed by atoms with Crippen LogP contribution in [0.3, 0.4) is 0 Å². The summed E-state index contributed by atoms with van der Waals surface area (Å²) in [4.78, 5) is 4.57. The minimum Gasteiger partial charge on any atom is -0.250 e. The second-order valence-electron chi connectivity index (χ2n) is 0.933. The van der Waals surface area contributed by atoms with Gasteiger partial charge in [-0.1, -0.05) is 5.17 Å². The average Bonchev–Trinajstić information content (AvgIpc) is 2.14. The molecule has 0 amide bonds. The van der Waals surface area contributed by atoms with Crippen molar-refractivity contribution in [2.45, 2.75) is 0 Å². The molecule has 0 aromatic heterocycles. The second kappa shape index (κ2) is 1.64. The van der Waals surface area contributed by atoms with Crippen molar-refractivity contribution in [1.29, 1.82) is 0 Å². The minimum absolute atomic E-state index is 1.21. The minimum atomic E-state index is 1.21. The molecule has 0 aromatic carbocycles. The van der Waals surface area contributed by atoms with Crippen LogP contribution >= 0.6 is 0 Å². The lowest BCUT2D eigenvalue weighted by Crippen LogP contribution is -2.02. The van der Waals surface area contributed by atoms with Crippen LogP contribution in [0.4, 0.5) is 0 Å². The van der Waals surface area contributed by atoms with E-state index in [1.54, 1.807) is 0 Å². The highest BCUT2D eigenvalue weighted by Gasteiger charge is 2.08. The molecule has 0 bridgehead atoms. The molecule has 0 unspecified atom stereocenters. The van der Waals surface area contributed by atoms with Crippen molar-refractivity contribution in [3.8, 4) is 0 Å². The fourth-order valence-electron chi connectivity index (χ4n) is 0.260. The van der Waals surface area contributed by atoms with Crippen LogP contribution in [0.5, 0.6) is 0 Å². The number of rotatable bonds is 1. The molecule has 0 aliphatic carbocycles. The summed E-state index contributed by atoms with van der Waals surface area (Å²) in [5.41, 5.74) is 0. The summed E-state index contributed by atoms with van der Waals surface area (Å²) in [5.74, 6) is 0. The largest absolute Gasteiger partial charge is 0.447 e. The molecule has 7 heavy (non-hydrogen) atoms. The first-order valence-electron chi connectivity index (χ1n) is 1.76. The Morgan fingerprint density at radius 3 is 3.00 bits per heavy atom. The van der Waals surface area contributed by atoms with Gasteiger partial charge >= 0.3 is 12.4 Å². The molecule has 0 aromatic rings. The Bertz CT molecular complexity index is 96.7. The van der Waals surface area contributed by atoms with Gasteiger partial charge in [0.25, 0.3) is 0 Å². The van der Waals surface area contributed by atoms with E-state index >= 15 is 0 Å². The first-order chi connectivity index (χ1) is 3.43. The van der Waals surface area contributed by atoms with Crippen LogP contribution < -0.4 is 0 Å². The Labute approximate surface area is 41.0 Å². The number of nitrogens with zero attached hydrogens (tertiary/aromatic N) is 3. The molecule has 0 saturated carbocycles. The molecule has 1 heterocycles. The zero-order valence-corrected chi connectivity index (χ0v) is 3.83. The molecular formula is C3H4N3O+. The molecule has 36 valence electrons. The summed E-state index contributed by atoms with van der Waals surface area (Å²) < 4.78 is 0. The van der Waals surface area contributed by atoms with Gasteiger partial charge < -0.3 is 0 Å². The van der Waals surface area contributed by atoms with Gasteiger partial charge in [0.15, 0.2) is 0 Å². The Morgan fingerprint density at radius 2 is 2.71 bits per heavy atom. The third-order valence-electron chi connectivity index (χ3n) is 0.546. The van der Waals surface area contributed by atoms with E-state index in [1.807, 2.05) is 0 Å². The molecule has 1 aliphatic heterocycles. The highest BCUT2D eigenvalue weighted by molar-refractivity contribution is 4.68. The molecule has 4 nitrogen and oxygen atoms in total. The van der Waals surface area contributed by atoms with Crippen LogP contribution in [-0.2, 0) is 4.84 Å². The second-order valence-corrected chi connectivity index (χ2v) is 0.933. The molecule has 0 radical (unpaired) electrons. The molecule has 0 saturated heterocycles. The molecule has 0 atom stereocenters. The topological polar surface area (TPSA) is 37.2 Å². The third-order valence-corrected chi connectivity index (χ3v) is 0.546. The lowest BCUT2D eigenvalue weighted by molar-refractivity contribution is -0.0880. The predicted octanol–water partition coefficient (Wildman–Crippen LogP) is 0.505. The smallest absolute Gasteiger partial charge is 0.250 e. The third kappa shape index (κ3) is 0.707. The molecular weight excluding hydrogens is 94.1 g/mol. The van der Waals surface area contributed by atoms with Crippen molar-refractivity contribution in [2.24, 2.45) is 10.3 Å². The van der Waals surface area contributed by atoms with Gasteiger partial charge in [-0.2, -0.15) is 0 Å². The van der Waals surface area contributed by atoms with Crippen molar-refractivity contribution >= 4 is 0 Å². The van der Waals surface area contributed by atoms with Crippen molar-refractivity contribution in [1.82, 2.24) is 5.17 Å². The van der Waals surface area contributed by atoms with Crippen molar-refractivity contribution in [2.75, 3.05) is 7.11 Å². The van der Waals surface area contributed by atoms with Crippen molar-refractivity contribution in [3.05, 3.63) is 12.4 Å². The van der Waals surface area contributed by atoms with Crippen molar-refractivity contribution < 1.29 is 4.84 Å². The van der Waals surface area contributed by atoms with Gasteiger partial charge in [0, 0.05) is 5.22 Å². The van der Waals surface area contributed by atoms with Gasteiger partial charge in [0.1, 0.15) is 5.11 Å². The van der Waals surface area contributed by atoms with E-state index in [2.05, 4.69) is 21.4 Å². The molecule has 1 aliphatic rings. The van der Waals surface area contributed by atoms with Gasteiger partial charge in [0.05, 0.1) is 7.11 Å². The molecule has 1 rings (SSSR count). The zero-order valence-electron chi connectivity index (χ0n) is 3.83. The van der Waals surface area contributed by atoms with E-state index in [0.717, 1.165) is 0 Å². The average molecular weight is 98.1 g/mol. The first-order valence-corrected chi connectivity index (χ1v) is 1.76. The maximum absolute atomic E-state index is 4.57. The normalized spacial score (nSPS) is 15.3. The maximum atomic E-state index is 4.57. The van der Waals surface area contributed by atoms with Gasteiger partial charge in [-0.15, -0.1) is 0 Å². The van der Waals surface area contributed by atoms with Crippen LogP contribution in [-0.4, -0.2) is 12.3 Å². The van der Waals surface area contributed by atoms with Crippen LogP contribution in [0, 0.1) is 6.20 Å². The number of hydrogen-bond acceptors (Lipinski definition) is 4. The van der Waals surface area contributed by atoms with Gasteiger partial charge in [-0.25, -0.2) is 0 Å². The van der Waals surface area contributed by atoms with E-state index in [4.69, 9.17) is 0 Å². The summed E-state index contributed by atoms with van der Waals surface area (Å²) in [6, 6.07) is 0. The van der Waals surface area contributed by atoms with E-state index in [9.17, 15) is 0 Å². The lowest BCUT2D eigenvalue weighted by Gasteiger charge is -1.94. The Morgan fingerprint density at radius 1 is 1.86 bits per heavy atom. The van der Waals surface area contributed by atoms with E-state index in [-0.39, 0.29) is 0 Å². The summed E-state index contributed by atoms with van der Waals surface area (Å²) >= 11 is 0. The number of hydrogen-bond donors (Lipinski definition) is 0. The van der Waals surface area contributed by atoms with Crippen LogP contribution in [0.1, 0.15) is 0 Å². The van der Waals surface area contributed by atoms with E-state index < -0.39 is 0 Å². The Hall–Kier alpha value is -0.990. The molecule has 4 heteroatoms. The lowest BCUT2D eigenvalue weighted by atomic mass is 11.0. The SMILES string of the molecule is CON1C=[C+]N=N1. The standard InChI is InChI=1S/C3H4N3O/c1-7-6-3-2-4-5-6/h3H,1H3/q+1. The van der Waals surface area contributed by atoms with Gasteiger partial charge in [-0.3, -0.25) is 4.84 Å². The van der Waals surface area contributed by atoms with E-state index in [1.165, 1.54) is 18.5 Å². The quantitative estimate of drug-likeness (QED) is 0.448. The van der Waals surface area contributed by atoms with Gasteiger partial charge in [0.2, 0.25) is 0 Å². The van der Waals surface area contributed by atoms with Crippen molar-refractivity contribution in [3.63, 3.8) is 0 Å². The molecule has 0 N–H and O–H groups in total. The monoisotopic (exact) mass is 98.0 g/mol. The Kier molecular flexibility index (Phi) is 0.978. The van der Waals surface area contributed by atoms with Gasteiger partial charge in [-0.05, 0) is 0 Å². The predicted molar refractivity (Wildman–Crippen MR) is 21.5 cm³/mol. The summed E-state index contributed by atoms with van der Waals surface area (Å²) in [5, 5.41) is 7.99. The van der Waals surface area contributed by atoms with E-state index in [0.29, 0.717) is 0 Å². The molecule has 0 fully saturated rings. The molecule has 0 spiro atoms. The van der Waals surface area contributed by atoms with Crippen LogP contribution in [0.2, 0.25) is 0 Å². The zero-order chi connectivity index (χ0) is 5.11. The summed E-state index contributed by atoms with van der Waals surface area (Å²) in [6.45, 7) is 0. The maximum Gasteiger partial charge on any atom is 0.447 e. The van der Waals surface area contributed by atoms with Crippen LogP contribution in [0.15, 0.2) is 16.5 Å². The van der Waals surface area contributed by atoms with Crippen LogP contribution in [0.25, 0.3) is 0 Å². The highest BCUT2D eigenvalue weighted by Crippen LogP contribution is 1.98. The highest BCUT2D eigenvalue weighted by atomic mass is 16.7. The fourth-order valence-corrected chi connectivity index (χ4v) is 0.260. The number of hydroxylamine groups is 1. The summed E-state index contributed by atoms with van der Waals surface area (Å²) in [7, 11) is 1.50.